The zero-order valence-corrected chi connectivity index (χ0v) is 15.2. The van der Waals surface area contributed by atoms with Gasteiger partial charge in [0.1, 0.15) is 12.5 Å². The zero-order valence-electron chi connectivity index (χ0n) is 12.8. The first-order valence-corrected chi connectivity index (χ1v) is 9.09. The number of nitrogens with zero attached hydrogens (tertiary/aromatic N) is 2. The molecule has 124 valence electrons. The Morgan fingerprint density at radius 1 is 1.26 bits per heavy atom. The molecule has 0 N–H and O–H groups in total. The molecule has 0 aliphatic heterocycles. The molecule has 8 heteroatoms. The van der Waals surface area contributed by atoms with Gasteiger partial charge in [0, 0.05) is 17.3 Å². The molecule has 0 saturated carbocycles. The summed E-state index contributed by atoms with van der Waals surface area (Å²) in [6, 6.07) is 9.85. The van der Waals surface area contributed by atoms with Gasteiger partial charge in [-0.2, -0.15) is 8.42 Å². The Labute approximate surface area is 144 Å². The average molecular weight is 401 g/mol. The number of methoxy groups -OCH3 is 1. The van der Waals surface area contributed by atoms with Gasteiger partial charge in [0.25, 0.3) is 10.0 Å². The molecule has 1 aromatic carbocycles. The summed E-state index contributed by atoms with van der Waals surface area (Å²) in [7, 11) is -2.39. The summed E-state index contributed by atoms with van der Waals surface area (Å²) in [5.74, 6) is 0.424. The third kappa shape index (κ3) is 4.01. The average Bonchev–Trinajstić information content (AvgIpc) is 2.56. The number of rotatable bonds is 7. The van der Waals surface area contributed by atoms with Crippen molar-refractivity contribution in [3.63, 3.8) is 0 Å². The Bertz CT molecular complexity index is 753. The number of pyridine rings is 1. The van der Waals surface area contributed by atoms with E-state index in [0.29, 0.717) is 18.0 Å². The van der Waals surface area contributed by atoms with Crippen molar-refractivity contribution >= 4 is 31.6 Å². The van der Waals surface area contributed by atoms with Crippen LogP contribution >= 0.6 is 15.9 Å². The van der Waals surface area contributed by atoms with Gasteiger partial charge in [-0.15, -0.1) is 0 Å². The number of hydrogen-bond acceptors (Lipinski definition) is 5. The van der Waals surface area contributed by atoms with E-state index in [9.17, 15) is 8.42 Å². The number of benzene rings is 1. The molecule has 0 aliphatic carbocycles. The topological polar surface area (TPSA) is 68.7 Å². The van der Waals surface area contributed by atoms with E-state index >= 15 is 0 Å². The van der Waals surface area contributed by atoms with Crippen LogP contribution in [0.5, 0.6) is 5.75 Å². The highest BCUT2D eigenvalue weighted by molar-refractivity contribution is 9.10. The van der Waals surface area contributed by atoms with Crippen LogP contribution in [0.1, 0.15) is 6.92 Å². The van der Waals surface area contributed by atoms with Crippen molar-refractivity contribution in [2.24, 2.45) is 0 Å². The van der Waals surface area contributed by atoms with Crippen molar-refractivity contribution in [2.75, 3.05) is 24.8 Å². The van der Waals surface area contributed by atoms with E-state index in [-0.39, 0.29) is 11.8 Å². The fraction of sp³-hybridized carbons (Fsp3) is 0.267. The molecule has 0 unspecified atom stereocenters. The van der Waals surface area contributed by atoms with E-state index < -0.39 is 10.0 Å². The molecular formula is C15H17BrN2O4S. The van der Waals surface area contributed by atoms with Gasteiger partial charge >= 0.3 is 0 Å². The first-order chi connectivity index (χ1) is 11.0. The molecule has 2 rings (SSSR count). The molecule has 0 aliphatic rings. The van der Waals surface area contributed by atoms with E-state index in [1.165, 1.54) is 19.4 Å². The normalized spacial score (nSPS) is 11.3. The molecular weight excluding hydrogens is 384 g/mol. The molecule has 0 fully saturated rings. The molecule has 2 aromatic rings. The minimum absolute atomic E-state index is 0.0540. The van der Waals surface area contributed by atoms with E-state index in [1.807, 2.05) is 0 Å². The first kappa shape index (κ1) is 17.7. The predicted molar refractivity (Wildman–Crippen MR) is 91.1 cm³/mol. The van der Waals surface area contributed by atoms with E-state index in [0.717, 1.165) is 8.78 Å². The van der Waals surface area contributed by atoms with Crippen LogP contribution in [0, 0.1) is 0 Å². The molecule has 6 nitrogen and oxygen atoms in total. The minimum Gasteiger partial charge on any atom is -0.495 e. The van der Waals surface area contributed by atoms with Crippen molar-refractivity contribution in [3.8, 4) is 5.75 Å². The summed E-state index contributed by atoms with van der Waals surface area (Å²) in [6.07, 6.45) is 1.43. The van der Waals surface area contributed by atoms with E-state index in [2.05, 4.69) is 20.9 Å². The number of sulfonamides is 1. The fourth-order valence-corrected chi connectivity index (χ4v) is 3.55. The highest BCUT2D eigenvalue weighted by Crippen LogP contribution is 2.34. The van der Waals surface area contributed by atoms with Crippen LogP contribution in [-0.2, 0) is 14.8 Å². The lowest BCUT2D eigenvalue weighted by Gasteiger charge is -2.25. The third-order valence-electron chi connectivity index (χ3n) is 3.01. The Morgan fingerprint density at radius 2 is 2.04 bits per heavy atom. The van der Waals surface area contributed by atoms with Gasteiger partial charge in [0.2, 0.25) is 0 Å². The van der Waals surface area contributed by atoms with E-state index in [4.69, 9.17) is 9.47 Å². The third-order valence-corrected chi connectivity index (χ3v) is 5.16. The van der Waals surface area contributed by atoms with Crippen LogP contribution in [0.3, 0.4) is 0 Å². The number of hydrogen-bond donors (Lipinski definition) is 0. The second kappa shape index (κ2) is 7.76. The van der Waals surface area contributed by atoms with Gasteiger partial charge in [0.05, 0.1) is 12.8 Å². The SMILES string of the molecule is CCOCN(c1cc(Br)ccc1OC)S(=O)(=O)c1ccccn1. The Kier molecular flexibility index (Phi) is 5.97. The fourth-order valence-electron chi connectivity index (χ4n) is 1.91. The first-order valence-electron chi connectivity index (χ1n) is 6.85. The summed E-state index contributed by atoms with van der Waals surface area (Å²) in [5, 5.41) is -0.0540. The van der Waals surface area contributed by atoms with Crippen LogP contribution in [0.2, 0.25) is 0 Å². The van der Waals surface area contributed by atoms with Crippen LogP contribution < -0.4 is 9.04 Å². The summed E-state index contributed by atoms with van der Waals surface area (Å²) in [4.78, 5) is 3.95. The summed E-state index contributed by atoms with van der Waals surface area (Å²) in [5.41, 5.74) is 0.376. The monoisotopic (exact) mass is 400 g/mol. The Morgan fingerprint density at radius 3 is 2.65 bits per heavy atom. The van der Waals surface area contributed by atoms with Crippen LogP contribution in [0.25, 0.3) is 0 Å². The van der Waals surface area contributed by atoms with Crippen molar-refractivity contribution in [3.05, 3.63) is 47.1 Å². The van der Waals surface area contributed by atoms with Crippen molar-refractivity contribution < 1.29 is 17.9 Å². The standard InChI is InChI=1S/C15H17BrN2O4S/c1-3-22-11-18(13-10-12(16)7-8-14(13)21-2)23(19,20)15-6-4-5-9-17-15/h4-10H,3,11H2,1-2H3. The van der Waals surface area contributed by atoms with Gasteiger partial charge in [-0.3, -0.25) is 0 Å². The van der Waals surface area contributed by atoms with Crippen molar-refractivity contribution in [1.29, 1.82) is 0 Å². The van der Waals surface area contributed by atoms with Gasteiger partial charge in [-0.25, -0.2) is 9.29 Å². The Hall–Kier alpha value is -1.64. The minimum atomic E-state index is -3.88. The largest absolute Gasteiger partial charge is 0.495 e. The van der Waals surface area contributed by atoms with Gasteiger partial charge in [-0.1, -0.05) is 22.0 Å². The van der Waals surface area contributed by atoms with Crippen LogP contribution in [-0.4, -0.2) is 33.8 Å². The van der Waals surface area contributed by atoms with Gasteiger partial charge < -0.3 is 9.47 Å². The molecule has 0 saturated heterocycles. The molecule has 1 heterocycles. The second-order valence-corrected chi connectivity index (χ2v) is 7.18. The maximum absolute atomic E-state index is 12.9. The molecule has 0 atom stereocenters. The highest BCUT2D eigenvalue weighted by Gasteiger charge is 2.28. The number of aromatic nitrogens is 1. The quantitative estimate of drug-likeness (QED) is 0.668. The lowest BCUT2D eigenvalue weighted by atomic mass is 10.3. The summed E-state index contributed by atoms with van der Waals surface area (Å²) < 4.78 is 38.4. The van der Waals surface area contributed by atoms with Gasteiger partial charge in [0.15, 0.2) is 5.03 Å². The predicted octanol–water partition coefficient (Wildman–Crippen LogP) is 3.04. The summed E-state index contributed by atoms with van der Waals surface area (Å²) >= 11 is 3.35. The number of halogens is 1. The lowest BCUT2D eigenvalue weighted by molar-refractivity contribution is 0.157. The maximum atomic E-state index is 12.9. The smallest absolute Gasteiger partial charge is 0.283 e. The number of anilines is 1. The van der Waals surface area contributed by atoms with E-state index in [1.54, 1.807) is 37.3 Å². The van der Waals surface area contributed by atoms with Crippen molar-refractivity contribution in [2.45, 2.75) is 11.9 Å². The van der Waals surface area contributed by atoms with Crippen LogP contribution in [0.4, 0.5) is 5.69 Å². The maximum Gasteiger partial charge on any atom is 0.283 e. The number of ether oxygens (including phenoxy) is 2. The summed E-state index contributed by atoms with van der Waals surface area (Å²) in [6.45, 7) is 2.04. The Balaban J connectivity index is 2.56. The molecule has 0 spiro atoms. The zero-order chi connectivity index (χ0) is 16.9. The molecule has 23 heavy (non-hydrogen) atoms. The van der Waals surface area contributed by atoms with Gasteiger partial charge in [-0.05, 0) is 37.3 Å². The van der Waals surface area contributed by atoms with Crippen LogP contribution in [0.15, 0.2) is 52.1 Å². The molecule has 0 bridgehead atoms. The second-order valence-electron chi connectivity index (χ2n) is 4.46. The molecule has 0 radical (unpaired) electrons. The van der Waals surface area contributed by atoms with Crippen molar-refractivity contribution in [1.82, 2.24) is 4.98 Å². The molecule has 0 amide bonds. The highest BCUT2D eigenvalue weighted by atomic mass is 79.9. The lowest BCUT2D eigenvalue weighted by Crippen LogP contribution is -2.34. The molecule has 1 aromatic heterocycles.